The number of sulfonamides is 1. The fourth-order valence-electron chi connectivity index (χ4n) is 5.31. The molecule has 1 aliphatic rings. The van der Waals surface area contributed by atoms with E-state index in [-0.39, 0.29) is 6.54 Å². The molecule has 0 radical (unpaired) electrons. The summed E-state index contributed by atoms with van der Waals surface area (Å²) >= 11 is 0. The second kappa shape index (κ2) is 9.47. The predicted molar refractivity (Wildman–Crippen MR) is 146 cm³/mol. The number of hydrogen-bond donors (Lipinski definition) is 1. The van der Waals surface area contributed by atoms with Crippen LogP contribution in [0.25, 0.3) is 22.4 Å². The quantitative estimate of drug-likeness (QED) is 0.426. The molecule has 4 rings (SSSR count). The van der Waals surface area contributed by atoms with Crippen LogP contribution in [0.1, 0.15) is 60.3 Å². The molecule has 2 aromatic carbocycles. The van der Waals surface area contributed by atoms with E-state index in [0.717, 1.165) is 29.1 Å². The maximum absolute atomic E-state index is 14.2. The van der Waals surface area contributed by atoms with Gasteiger partial charge >= 0.3 is 5.97 Å². The molecule has 38 heavy (non-hydrogen) atoms. The number of rotatable bonds is 5. The van der Waals surface area contributed by atoms with Gasteiger partial charge in [-0.15, -0.1) is 0 Å². The fraction of sp³-hybridized carbons (Fsp3) is 0.379. The van der Waals surface area contributed by atoms with Crippen LogP contribution < -0.4 is 4.31 Å². The summed E-state index contributed by atoms with van der Waals surface area (Å²) in [4.78, 5) is 17.1. The van der Waals surface area contributed by atoms with Gasteiger partial charge in [0.05, 0.1) is 36.0 Å². The first-order chi connectivity index (χ1) is 17.5. The van der Waals surface area contributed by atoms with Crippen LogP contribution in [0.2, 0.25) is 0 Å². The Balaban J connectivity index is 2.24. The van der Waals surface area contributed by atoms with Crippen LogP contribution >= 0.6 is 0 Å². The van der Waals surface area contributed by atoms with E-state index in [4.69, 9.17) is 4.74 Å². The molecule has 1 aromatic heterocycles. The van der Waals surface area contributed by atoms with Gasteiger partial charge in [-0.05, 0) is 82.3 Å². The number of carbonyl (C=O) groups is 1. The summed E-state index contributed by atoms with van der Waals surface area (Å²) in [5, 5.41) is 10.4. The number of pyridine rings is 1. The van der Waals surface area contributed by atoms with Crippen molar-refractivity contribution in [1.29, 1.82) is 0 Å². The van der Waals surface area contributed by atoms with E-state index in [1.165, 1.54) is 10.4 Å². The van der Waals surface area contributed by atoms with E-state index in [1.54, 1.807) is 27.7 Å². The highest BCUT2D eigenvalue weighted by Crippen LogP contribution is 2.51. The Kier molecular flexibility index (Phi) is 6.91. The number of halogens is 1. The van der Waals surface area contributed by atoms with Gasteiger partial charge in [-0.25, -0.2) is 17.6 Å². The average Bonchev–Trinajstić information content (AvgIpc) is 2.78. The standard InChI is InChI=1S/C29H33FN2O5S/c1-15-9-10-21(16(2)11-15)22-17(3)24-25-19(12-20(30)13-31-25)14-32(38(8,35)36)26(24)18(4)23(22)27(28(33)34)37-29(5,6)7/h9-13,27H,14H2,1-8H3,(H,33,34)/t27-/m0/s1. The summed E-state index contributed by atoms with van der Waals surface area (Å²) in [6.07, 6.45) is 0.820. The Morgan fingerprint density at radius 3 is 2.32 bits per heavy atom. The zero-order valence-electron chi connectivity index (χ0n) is 22.9. The molecular weight excluding hydrogens is 507 g/mol. The van der Waals surface area contributed by atoms with Crippen molar-refractivity contribution in [2.45, 2.75) is 66.7 Å². The molecule has 1 N–H and O–H groups in total. The molecule has 2 heterocycles. The normalized spacial score (nSPS) is 14.2. The average molecular weight is 541 g/mol. The molecule has 0 aliphatic carbocycles. The Bertz CT molecular complexity index is 1570. The van der Waals surface area contributed by atoms with Gasteiger partial charge < -0.3 is 9.84 Å². The van der Waals surface area contributed by atoms with E-state index in [9.17, 15) is 22.7 Å². The number of anilines is 1. The van der Waals surface area contributed by atoms with E-state index < -0.39 is 33.5 Å². The second-order valence-corrected chi connectivity index (χ2v) is 12.9. The number of benzene rings is 2. The minimum atomic E-state index is -3.83. The first-order valence-corrected chi connectivity index (χ1v) is 14.1. The van der Waals surface area contributed by atoms with Crippen LogP contribution in [0.3, 0.4) is 0 Å². The van der Waals surface area contributed by atoms with Crippen molar-refractivity contribution in [3.05, 3.63) is 69.7 Å². The van der Waals surface area contributed by atoms with Gasteiger partial charge in [-0.2, -0.15) is 0 Å². The van der Waals surface area contributed by atoms with Crippen molar-refractivity contribution < 1.29 is 27.4 Å². The van der Waals surface area contributed by atoms with Gasteiger partial charge in [0.1, 0.15) is 5.82 Å². The fourth-order valence-corrected chi connectivity index (χ4v) is 6.24. The number of carboxylic acid groups (broad SMARTS) is 1. The second-order valence-electron chi connectivity index (χ2n) is 11.0. The molecule has 7 nitrogen and oxygen atoms in total. The molecule has 0 fully saturated rings. The van der Waals surface area contributed by atoms with Crippen LogP contribution in [0, 0.1) is 33.5 Å². The number of fused-ring (bicyclic) bond motifs is 3. The number of carboxylic acids is 1. The van der Waals surface area contributed by atoms with Crippen LogP contribution in [-0.2, 0) is 26.1 Å². The van der Waals surface area contributed by atoms with Crippen molar-refractivity contribution in [3.8, 4) is 22.4 Å². The highest BCUT2D eigenvalue weighted by molar-refractivity contribution is 7.92. The third-order valence-corrected chi connectivity index (χ3v) is 7.87. The minimum Gasteiger partial charge on any atom is -0.479 e. The third kappa shape index (κ3) is 4.92. The number of nitrogens with zero attached hydrogens (tertiary/aromatic N) is 2. The van der Waals surface area contributed by atoms with E-state index in [2.05, 4.69) is 4.98 Å². The Morgan fingerprint density at radius 1 is 1.11 bits per heavy atom. The van der Waals surface area contributed by atoms with Gasteiger partial charge in [0.15, 0.2) is 6.10 Å². The monoisotopic (exact) mass is 540 g/mol. The number of aryl methyl sites for hydroxylation is 2. The molecule has 0 saturated heterocycles. The maximum Gasteiger partial charge on any atom is 0.337 e. The summed E-state index contributed by atoms with van der Waals surface area (Å²) in [6.45, 7) is 12.7. The highest BCUT2D eigenvalue weighted by Gasteiger charge is 2.39. The van der Waals surface area contributed by atoms with Crippen LogP contribution in [-0.4, -0.2) is 36.3 Å². The summed E-state index contributed by atoms with van der Waals surface area (Å²) in [6, 6.07) is 7.20. The molecule has 0 amide bonds. The lowest BCUT2D eigenvalue weighted by atomic mass is 9.80. The van der Waals surface area contributed by atoms with Crippen LogP contribution in [0.4, 0.5) is 10.1 Å². The van der Waals surface area contributed by atoms with Gasteiger partial charge in [-0.1, -0.05) is 23.8 Å². The van der Waals surface area contributed by atoms with Gasteiger partial charge in [0.25, 0.3) is 0 Å². The molecular formula is C29H33FN2O5S. The van der Waals surface area contributed by atoms with Crippen molar-refractivity contribution in [1.82, 2.24) is 4.98 Å². The lowest BCUT2D eigenvalue weighted by Crippen LogP contribution is -2.35. The molecule has 0 saturated carbocycles. The molecule has 0 unspecified atom stereocenters. The van der Waals surface area contributed by atoms with Crippen LogP contribution in [0.5, 0.6) is 0 Å². The van der Waals surface area contributed by atoms with E-state index >= 15 is 0 Å². The SMILES string of the molecule is Cc1ccc(-c2c(C)c3c(c(C)c2[C@H](OC(C)(C)C)C(=O)O)N(S(C)(=O)=O)Cc2cc(F)cnc2-3)c(C)c1. The van der Waals surface area contributed by atoms with E-state index in [1.807, 2.05) is 39.0 Å². The predicted octanol–water partition coefficient (Wildman–Crippen LogP) is 6.01. The zero-order valence-corrected chi connectivity index (χ0v) is 23.7. The maximum atomic E-state index is 14.2. The smallest absolute Gasteiger partial charge is 0.337 e. The number of hydrogen-bond acceptors (Lipinski definition) is 5. The van der Waals surface area contributed by atoms with E-state index in [0.29, 0.717) is 44.8 Å². The summed E-state index contributed by atoms with van der Waals surface area (Å²) in [5.74, 6) is -1.75. The molecule has 1 atom stereocenters. The lowest BCUT2D eigenvalue weighted by Gasteiger charge is -2.37. The molecule has 3 aromatic rings. The summed E-state index contributed by atoms with van der Waals surface area (Å²) in [5.41, 5.74) is 5.88. The Morgan fingerprint density at radius 2 is 1.76 bits per heavy atom. The zero-order chi connectivity index (χ0) is 28.3. The largest absolute Gasteiger partial charge is 0.479 e. The topological polar surface area (TPSA) is 96.8 Å². The Hall–Kier alpha value is -3.30. The van der Waals surface area contributed by atoms with Crippen molar-refractivity contribution in [2.24, 2.45) is 0 Å². The molecule has 9 heteroatoms. The molecule has 0 bridgehead atoms. The van der Waals surface area contributed by atoms with Crippen molar-refractivity contribution >= 4 is 21.7 Å². The lowest BCUT2D eigenvalue weighted by molar-refractivity contribution is -0.160. The number of aromatic nitrogens is 1. The summed E-state index contributed by atoms with van der Waals surface area (Å²) in [7, 11) is -3.83. The van der Waals surface area contributed by atoms with Gasteiger partial charge in [0, 0.05) is 16.7 Å². The highest BCUT2D eigenvalue weighted by atomic mass is 32.2. The summed E-state index contributed by atoms with van der Waals surface area (Å²) < 4.78 is 47.7. The Labute approximate surface area is 223 Å². The van der Waals surface area contributed by atoms with Crippen molar-refractivity contribution in [3.63, 3.8) is 0 Å². The van der Waals surface area contributed by atoms with Gasteiger partial charge in [0.2, 0.25) is 10.0 Å². The van der Waals surface area contributed by atoms with Crippen LogP contribution in [0.15, 0.2) is 30.5 Å². The molecule has 1 aliphatic heterocycles. The minimum absolute atomic E-state index is 0.119. The van der Waals surface area contributed by atoms with Gasteiger partial charge in [-0.3, -0.25) is 9.29 Å². The molecule has 202 valence electrons. The molecule has 0 spiro atoms. The number of ether oxygens (including phenoxy) is 1. The first-order valence-electron chi connectivity index (χ1n) is 12.3. The van der Waals surface area contributed by atoms with Crippen molar-refractivity contribution in [2.75, 3.05) is 10.6 Å². The third-order valence-electron chi connectivity index (χ3n) is 6.76. The first kappa shape index (κ1) is 27.7. The number of aliphatic carboxylic acids is 1.